The highest BCUT2D eigenvalue weighted by Crippen LogP contribution is 2.15. The summed E-state index contributed by atoms with van der Waals surface area (Å²) in [5, 5.41) is 2.81. The topological polar surface area (TPSA) is 86.8 Å². The van der Waals surface area contributed by atoms with Gasteiger partial charge in [0.05, 0.1) is 12.8 Å². The second-order valence-electron chi connectivity index (χ2n) is 7.13. The maximum atomic E-state index is 13.2. The third-order valence-electron chi connectivity index (χ3n) is 4.74. The Kier molecular flexibility index (Phi) is 8.56. The summed E-state index contributed by atoms with van der Waals surface area (Å²) in [6, 6.07) is 18.0. The van der Waals surface area contributed by atoms with Gasteiger partial charge in [0, 0.05) is 26.6 Å². The number of carbonyl (C=O) groups excluding carboxylic acids is 2. The SMILES string of the molecule is CCNC(=O)C(Cc1ccccc1)N(Cc1ccccc1)C(=O)CN(C)S(C)(=O)=O. The van der Waals surface area contributed by atoms with Crippen LogP contribution in [0, 0.1) is 0 Å². The van der Waals surface area contributed by atoms with E-state index in [4.69, 9.17) is 0 Å². The van der Waals surface area contributed by atoms with Crippen LogP contribution in [0.3, 0.4) is 0 Å². The summed E-state index contributed by atoms with van der Waals surface area (Å²) < 4.78 is 24.6. The molecular formula is C22H29N3O4S. The van der Waals surface area contributed by atoms with Crippen LogP contribution < -0.4 is 5.32 Å². The molecule has 0 saturated carbocycles. The number of rotatable bonds is 10. The number of amides is 2. The van der Waals surface area contributed by atoms with Crippen LogP contribution in [0.1, 0.15) is 18.1 Å². The lowest BCUT2D eigenvalue weighted by atomic mass is 10.0. The van der Waals surface area contributed by atoms with Gasteiger partial charge in [0.1, 0.15) is 6.04 Å². The van der Waals surface area contributed by atoms with E-state index >= 15 is 0 Å². The monoisotopic (exact) mass is 431 g/mol. The zero-order chi connectivity index (χ0) is 22.1. The molecule has 1 atom stereocenters. The predicted molar refractivity (Wildman–Crippen MR) is 117 cm³/mol. The van der Waals surface area contributed by atoms with E-state index in [1.807, 2.05) is 67.6 Å². The maximum Gasteiger partial charge on any atom is 0.243 e. The van der Waals surface area contributed by atoms with Crippen LogP contribution in [0.2, 0.25) is 0 Å². The molecule has 162 valence electrons. The van der Waals surface area contributed by atoms with Crippen molar-refractivity contribution in [2.24, 2.45) is 0 Å². The van der Waals surface area contributed by atoms with Gasteiger partial charge in [-0.1, -0.05) is 60.7 Å². The first kappa shape index (κ1) is 23.6. The second kappa shape index (κ2) is 10.9. The average Bonchev–Trinajstić information content (AvgIpc) is 2.71. The van der Waals surface area contributed by atoms with Gasteiger partial charge in [0.2, 0.25) is 21.8 Å². The highest BCUT2D eigenvalue weighted by atomic mass is 32.2. The third kappa shape index (κ3) is 6.96. The van der Waals surface area contributed by atoms with Gasteiger partial charge in [-0.2, -0.15) is 4.31 Å². The van der Waals surface area contributed by atoms with Crippen LogP contribution in [-0.4, -0.2) is 61.9 Å². The molecule has 0 spiro atoms. The van der Waals surface area contributed by atoms with E-state index in [1.165, 1.54) is 11.9 Å². The Morgan fingerprint density at radius 2 is 1.50 bits per heavy atom. The molecule has 0 aliphatic heterocycles. The molecule has 0 radical (unpaired) electrons. The largest absolute Gasteiger partial charge is 0.355 e. The number of likely N-dealkylation sites (N-methyl/N-ethyl adjacent to an activating group) is 2. The molecule has 0 aliphatic carbocycles. The van der Waals surface area contributed by atoms with Gasteiger partial charge in [-0.15, -0.1) is 0 Å². The molecule has 0 bridgehead atoms. The van der Waals surface area contributed by atoms with E-state index in [-0.39, 0.29) is 19.0 Å². The van der Waals surface area contributed by atoms with Gasteiger partial charge in [0.25, 0.3) is 0 Å². The number of hydrogen-bond donors (Lipinski definition) is 1. The van der Waals surface area contributed by atoms with Gasteiger partial charge in [-0.3, -0.25) is 9.59 Å². The molecule has 0 saturated heterocycles. The van der Waals surface area contributed by atoms with Crippen molar-refractivity contribution in [1.29, 1.82) is 0 Å². The van der Waals surface area contributed by atoms with Gasteiger partial charge in [0.15, 0.2) is 0 Å². The molecule has 30 heavy (non-hydrogen) atoms. The van der Waals surface area contributed by atoms with E-state index in [0.717, 1.165) is 21.7 Å². The molecule has 2 amide bonds. The van der Waals surface area contributed by atoms with E-state index < -0.39 is 22.0 Å². The fourth-order valence-electron chi connectivity index (χ4n) is 3.02. The quantitative estimate of drug-likeness (QED) is 0.620. The average molecular weight is 432 g/mol. The minimum Gasteiger partial charge on any atom is -0.355 e. The van der Waals surface area contributed by atoms with Crippen LogP contribution in [0.15, 0.2) is 60.7 Å². The summed E-state index contributed by atoms with van der Waals surface area (Å²) in [5.41, 5.74) is 1.77. The molecule has 7 nitrogen and oxygen atoms in total. The summed E-state index contributed by atoms with van der Waals surface area (Å²) in [6.45, 7) is 2.11. The number of nitrogens with zero attached hydrogens (tertiary/aromatic N) is 2. The van der Waals surface area contributed by atoms with Crippen molar-refractivity contribution in [3.8, 4) is 0 Å². The van der Waals surface area contributed by atoms with Crippen molar-refractivity contribution in [2.75, 3.05) is 26.4 Å². The number of carbonyl (C=O) groups is 2. The van der Waals surface area contributed by atoms with Crippen LogP contribution in [0.25, 0.3) is 0 Å². The molecule has 2 aromatic carbocycles. The first-order valence-corrected chi connectivity index (χ1v) is 11.6. The molecule has 2 rings (SSSR count). The lowest BCUT2D eigenvalue weighted by Gasteiger charge is -2.32. The zero-order valence-electron chi connectivity index (χ0n) is 17.6. The molecule has 2 aromatic rings. The van der Waals surface area contributed by atoms with Crippen LogP contribution in [0.4, 0.5) is 0 Å². The molecule has 8 heteroatoms. The molecule has 1 N–H and O–H groups in total. The van der Waals surface area contributed by atoms with E-state index in [2.05, 4.69) is 5.32 Å². The van der Waals surface area contributed by atoms with Crippen LogP contribution in [0.5, 0.6) is 0 Å². The Morgan fingerprint density at radius 3 is 2.00 bits per heavy atom. The Hall–Kier alpha value is -2.71. The molecule has 0 aromatic heterocycles. The Bertz CT molecular complexity index is 933. The van der Waals surface area contributed by atoms with Crippen molar-refractivity contribution < 1.29 is 18.0 Å². The number of nitrogens with one attached hydrogen (secondary N) is 1. The highest BCUT2D eigenvalue weighted by molar-refractivity contribution is 7.88. The van der Waals surface area contributed by atoms with Gasteiger partial charge >= 0.3 is 0 Å². The van der Waals surface area contributed by atoms with E-state index in [0.29, 0.717) is 13.0 Å². The number of benzene rings is 2. The first-order chi connectivity index (χ1) is 14.2. The first-order valence-electron chi connectivity index (χ1n) is 9.78. The summed E-state index contributed by atoms with van der Waals surface area (Å²) in [6.07, 6.45) is 1.38. The van der Waals surface area contributed by atoms with Gasteiger partial charge in [-0.05, 0) is 18.1 Å². The molecule has 0 heterocycles. The molecule has 0 aliphatic rings. The summed E-state index contributed by atoms with van der Waals surface area (Å²) >= 11 is 0. The highest BCUT2D eigenvalue weighted by Gasteiger charge is 2.31. The molecule has 0 fully saturated rings. The van der Waals surface area contributed by atoms with Crippen molar-refractivity contribution in [3.63, 3.8) is 0 Å². The molecular weight excluding hydrogens is 402 g/mol. The zero-order valence-corrected chi connectivity index (χ0v) is 18.4. The maximum absolute atomic E-state index is 13.2. The van der Waals surface area contributed by atoms with E-state index in [9.17, 15) is 18.0 Å². The predicted octanol–water partition coefficient (Wildman–Crippen LogP) is 1.65. The van der Waals surface area contributed by atoms with Crippen LogP contribution >= 0.6 is 0 Å². The van der Waals surface area contributed by atoms with Crippen molar-refractivity contribution in [3.05, 3.63) is 71.8 Å². The normalized spacial score (nSPS) is 12.4. The Labute approximate surface area is 178 Å². The fourth-order valence-corrected chi connectivity index (χ4v) is 3.37. The van der Waals surface area contributed by atoms with E-state index in [1.54, 1.807) is 0 Å². The second-order valence-corrected chi connectivity index (χ2v) is 9.22. The van der Waals surface area contributed by atoms with Crippen molar-refractivity contribution in [1.82, 2.24) is 14.5 Å². The van der Waals surface area contributed by atoms with Crippen LogP contribution in [-0.2, 0) is 32.6 Å². The standard InChI is InChI=1S/C22H29N3O4S/c1-4-23-22(27)20(15-18-11-7-5-8-12-18)25(16-19-13-9-6-10-14-19)21(26)17-24(2)30(3,28)29/h5-14,20H,4,15-17H2,1-3H3,(H,23,27). The third-order valence-corrected chi connectivity index (χ3v) is 6.00. The summed E-state index contributed by atoms with van der Waals surface area (Å²) in [7, 11) is -2.18. The van der Waals surface area contributed by atoms with Crippen molar-refractivity contribution >= 4 is 21.8 Å². The lowest BCUT2D eigenvalue weighted by Crippen LogP contribution is -2.52. The minimum absolute atomic E-state index is 0.200. The van der Waals surface area contributed by atoms with Gasteiger partial charge < -0.3 is 10.2 Å². The number of hydrogen-bond acceptors (Lipinski definition) is 4. The summed E-state index contributed by atoms with van der Waals surface area (Å²) in [4.78, 5) is 27.6. The summed E-state index contributed by atoms with van der Waals surface area (Å²) in [5.74, 6) is -0.702. The lowest BCUT2D eigenvalue weighted by molar-refractivity contribution is -0.141. The van der Waals surface area contributed by atoms with Crippen molar-refractivity contribution in [2.45, 2.75) is 25.9 Å². The minimum atomic E-state index is -3.53. The molecule has 1 unspecified atom stereocenters. The number of sulfonamides is 1. The Morgan fingerprint density at radius 1 is 0.967 bits per heavy atom. The smallest absolute Gasteiger partial charge is 0.243 e. The van der Waals surface area contributed by atoms with Gasteiger partial charge in [-0.25, -0.2) is 8.42 Å². The fraction of sp³-hybridized carbons (Fsp3) is 0.364. The Balaban J connectivity index is 2.39.